The molecule has 2 aromatic carbocycles. The van der Waals surface area contributed by atoms with Crippen molar-refractivity contribution in [3.8, 4) is 17.4 Å². The molecule has 9 nitrogen and oxygen atoms in total. The summed E-state index contributed by atoms with van der Waals surface area (Å²) in [4.78, 5) is 25.3. The summed E-state index contributed by atoms with van der Waals surface area (Å²) in [6, 6.07) is 16.2. The Hall–Kier alpha value is -4.13. The maximum Gasteiger partial charge on any atom is 0.269 e. The number of benzene rings is 2. The van der Waals surface area contributed by atoms with Crippen LogP contribution in [0.3, 0.4) is 0 Å². The molecule has 3 aromatic rings. The average molecular weight is 479 g/mol. The predicted molar refractivity (Wildman–Crippen MR) is 128 cm³/mol. The number of nitro groups is 1. The molecule has 34 heavy (non-hydrogen) atoms. The van der Waals surface area contributed by atoms with Gasteiger partial charge in [-0.1, -0.05) is 11.6 Å². The van der Waals surface area contributed by atoms with E-state index < -0.39 is 10.8 Å². The van der Waals surface area contributed by atoms with Gasteiger partial charge in [0.25, 0.3) is 11.6 Å². The molecular formula is C24H19ClN4O5. The lowest BCUT2D eigenvalue weighted by Gasteiger charge is -2.30. The molecule has 0 aliphatic carbocycles. The topological polar surface area (TPSA) is 122 Å². The summed E-state index contributed by atoms with van der Waals surface area (Å²) < 4.78 is 11.1. The Morgan fingerprint density at radius 1 is 1.15 bits per heavy atom. The molecule has 1 N–H and O–H groups in total. The zero-order valence-electron chi connectivity index (χ0n) is 17.9. The minimum absolute atomic E-state index is 0.0312. The standard InChI is InChI=1S/C24H19ClN4O5/c25-18-3-7-22(28-9-11-33-12-10-28)21(14-18)27-24(30)17(15-26)13-20-6-8-23(34-20)16-1-4-19(5-2-16)29(31)32/h1-8,13-14H,9-12H2,(H,27,30)/b17-13+. The number of nitro benzene ring substituents is 1. The van der Waals surface area contributed by atoms with Crippen LogP contribution in [-0.4, -0.2) is 37.1 Å². The fourth-order valence-electron chi connectivity index (χ4n) is 3.50. The number of hydrogen-bond donors (Lipinski definition) is 1. The maximum absolute atomic E-state index is 12.9. The molecule has 10 heteroatoms. The number of ether oxygens (including phenoxy) is 1. The van der Waals surface area contributed by atoms with E-state index in [1.165, 1.54) is 18.2 Å². The number of nitriles is 1. The maximum atomic E-state index is 12.9. The normalized spacial score (nSPS) is 13.9. The molecular weight excluding hydrogens is 460 g/mol. The van der Waals surface area contributed by atoms with E-state index in [0.717, 1.165) is 5.69 Å². The summed E-state index contributed by atoms with van der Waals surface area (Å²) in [6.45, 7) is 2.50. The van der Waals surface area contributed by atoms with Crippen molar-refractivity contribution in [2.24, 2.45) is 0 Å². The van der Waals surface area contributed by atoms with Gasteiger partial charge in [0.15, 0.2) is 0 Å². The summed E-state index contributed by atoms with van der Waals surface area (Å²) in [5, 5.41) is 23.6. The molecule has 0 bridgehead atoms. The van der Waals surface area contributed by atoms with Gasteiger partial charge in [-0.05, 0) is 42.5 Å². The predicted octanol–water partition coefficient (Wildman–Crippen LogP) is 4.89. The molecule has 0 unspecified atom stereocenters. The molecule has 1 aliphatic rings. The number of carbonyl (C=O) groups excluding carboxylic acids is 1. The van der Waals surface area contributed by atoms with Crippen molar-refractivity contribution in [2.45, 2.75) is 0 Å². The van der Waals surface area contributed by atoms with Gasteiger partial charge in [0, 0.05) is 41.9 Å². The third-order valence-electron chi connectivity index (χ3n) is 5.20. The van der Waals surface area contributed by atoms with Crippen LogP contribution in [0.4, 0.5) is 17.1 Å². The van der Waals surface area contributed by atoms with E-state index in [1.807, 2.05) is 12.1 Å². The number of hydrogen-bond acceptors (Lipinski definition) is 7. The first-order valence-corrected chi connectivity index (χ1v) is 10.7. The second-order valence-corrected chi connectivity index (χ2v) is 7.83. The number of amides is 1. The van der Waals surface area contributed by atoms with E-state index in [4.69, 9.17) is 20.8 Å². The zero-order valence-corrected chi connectivity index (χ0v) is 18.6. The van der Waals surface area contributed by atoms with Crippen LogP contribution >= 0.6 is 11.6 Å². The molecule has 0 atom stereocenters. The molecule has 1 amide bonds. The SMILES string of the molecule is N#C/C(=C\c1ccc(-c2ccc([N+](=O)[O-])cc2)o1)C(=O)Nc1cc(Cl)ccc1N1CCOCC1. The monoisotopic (exact) mass is 478 g/mol. The molecule has 0 radical (unpaired) electrons. The van der Waals surface area contributed by atoms with Crippen molar-refractivity contribution in [3.05, 3.63) is 81.1 Å². The number of halogens is 1. The average Bonchev–Trinajstić information content (AvgIpc) is 3.32. The number of carbonyl (C=O) groups is 1. The second kappa shape index (κ2) is 10.2. The van der Waals surface area contributed by atoms with Crippen LogP contribution in [0.1, 0.15) is 5.76 Å². The third-order valence-corrected chi connectivity index (χ3v) is 5.43. The van der Waals surface area contributed by atoms with Gasteiger partial charge >= 0.3 is 0 Å². The number of rotatable bonds is 6. The number of nitrogens with zero attached hydrogens (tertiary/aromatic N) is 3. The van der Waals surface area contributed by atoms with Gasteiger partial charge in [0.2, 0.25) is 0 Å². The van der Waals surface area contributed by atoms with E-state index in [0.29, 0.717) is 54.1 Å². The van der Waals surface area contributed by atoms with E-state index >= 15 is 0 Å². The number of anilines is 2. The number of nitrogens with one attached hydrogen (secondary N) is 1. The van der Waals surface area contributed by atoms with Gasteiger partial charge in [-0.3, -0.25) is 14.9 Å². The van der Waals surface area contributed by atoms with Gasteiger partial charge in [-0.2, -0.15) is 5.26 Å². The lowest BCUT2D eigenvalue weighted by Crippen LogP contribution is -2.36. The van der Waals surface area contributed by atoms with Crippen LogP contribution in [0, 0.1) is 21.4 Å². The van der Waals surface area contributed by atoms with Gasteiger partial charge in [0.05, 0.1) is 29.5 Å². The van der Waals surface area contributed by atoms with Crippen molar-refractivity contribution in [2.75, 3.05) is 36.5 Å². The Morgan fingerprint density at radius 2 is 1.88 bits per heavy atom. The summed E-state index contributed by atoms with van der Waals surface area (Å²) in [5.41, 5.74) is 1.72. The Labute approximate surface area is 199 Å². The molecule has 1 saturated heterocycles. The summed E-state index contributed by atoms with van der Waals surface area (Å²) >= 11 is 6.14. The van der Waals surface area contributed by atoms with Crippen molar-refractivity contribution < 1.29 is 18.9 Å². The van der Waals surface area contributed by atoms with Crippen molar-refractivity contribution in [1.29, 1.82) is 5.26 Å². The highest BCUT2D eigenvalue weighted by atomic mass is 35.5. The molecule has 172 valence electrons. The van der Waals surface area contributed by atoms with Crippen molar-refractivity contribution in [3.63, 3.8) is 0 Å². The summed E-state index contributed by atoms with van der Waals surface area (Å²) in [7, 11) is 0. The highest BCUT2D eigenvalue weighted by Crippen LogP contribution is 2.31. The first-order chi connectivity index (χ1) is 16.4. The zero-order chi connectivity index (χ0) is 24.1. The highest BCUT2D eigenvalue weighted by molar-refractivity contribution is 6.31. The third kappa shape index (κ3) is 5.26. The lowest BCUT2D eigenvalue weighted by molar-refractivity contribution is -0.384. The Morgan fingerprint density at radius 3 is 2.56 bits per heavy atom. The first-order valence-electron chi connectivity index (χ1n) is 10.3. The number of furan rings is 1. The summed E-state index contributed by atoms with van der Waals surface area (Å²) in [6.07, 6.45) is 1.34. The van der Waals surface area contributed by atoms with E-state index in [2.05, 4.69) is 10.2 Å². The Kier molecular flexibility index (Phi) is 6.92. The van der Waals surface area contributed by atoms with Gasteiger partial charge in [-0.15, -0.1) is 0 Å². The molecule has 1 aromatic heterocycles. The van der Waals surface area contributed by atoms with Crippen LogP contribution in [0.2, 0.25) is 5.02 Å². The smallest absolute Gasteiger partial charge is 0.269 e. The van der Waals surface area contributed by atoms with Crippen LogP contribution in [0.5, 0.6) is 0 Å². The molecule has 0 saturated carbocycles. The quantitative estimate of drug-likeness (QED) is 0.231. The molecule has 2 heterocycles. The van der Waals surface area contributed by atoms with Crippen LogP contribution in [0.25, 0.3) is 17.4 Å². The van der Waals surface area contributed by atoms with Gasteiger partial charge in [0.1, 0.15) is 23.2 Å². The number of non-ortho nitro benzene ring substituents is 1. The van der Waals surface area contributed by atoms with E-state index in [1.54, 1.807) is 36.4 Å². The van der Waals surface area contributed by atoms with Gasteiger partial charge < -0.3 is 19.4 Å². The lowest BCUT2D eigenvalue weighted by atomic mass is 10.1. The molecule has 1 fully saturated rings. The highest BCUT2D eigenvalue weighted by Gasteiger charge is 2.19. The van der Waals surface area contributed by atoms with Crippen LogP contribution in [0.15, 0.2) is 64.6 Å². The van der Waals surface area contributed by atoms with Crippen LogP contribution in [-0.2, 0) is 9.53 Å². The number of morpholine rings is 1. The van der Waals surface area contributed by atoms with Crippen molar-refractivity contribution in [1.82, 2.24) is 0 Å². The fraction of sp³-hybridized carbons (Fsp3) is 0.167. The van der Waals surface area contributed by atoms with Crippen LogP contribution < -0.4 is 10.2 Å². The fourth-order valence-corrected chi connectivity index (χ4v) is 3.67. The molecule has 4 rings (SSSR count). The Bertz CT molecular complexity index is 1290. The van der Waals surface area contributed by atoms with Gasteiger partial charge in [-0.25, -0.2) is 0 Å². The molecule has 0 spiro atoms. The molecule has 1 aliphatic heterocycles. The summed E-state index contributed by atoms with van der Waals surface area (Å²) in [5.74, 6) is 0.135. The first kappa shape index (κ1) is 23.0. The van der Waals surface area contributed by atoms with Crippen molar-refractivity contribution >= 4 is 40.6 Å². The minimum Gasteiger partial charge on any atom is -0.457 e. The Balaban J connectivity index is 1.54. The van der Waals surface area contributed by atoms with E-state index in [9.17, 15) is 20.2 Å². The largest absolute Gasteiger partial charge is 0.457 e. The minimum atomic E-state index is -0.604. The second-order valence-electron chi connectivity index (χ2n) is 7.39. The van der Waals surface area contributed by atoms with E-state index in [-0.39, 0.29) is 11.3 Å².